The second-order valence-corrected chi connectivity index (χ2v) is 7.09. The van der Waals surface area contributed by atoms with Crippen LogP contribution in [0.15, 0.2) is 78.9 Å². The molecule has 0 heterocycles. The van der Waals surface area contributed by atoms with Crippen LogP contribution < -0.4 is 10.6 Å². The molecule has 4 heteroatoms. The van der Waals surface area contributed by atoms with Gasteiger partial charge in [-0.15, -0.1) is 0 Å². The van der Waals surface area contributed by atoms with Gasteiger partial charge in [0.1, 0.15) is 0 Å². The Balaban J connectivity index is 1.44. The second kappa shape index (κ2) is 10.2. The smallest absolute Gasteiger partial charge is 0.251 e. The average Bonchev–Trinajstić information content (AvgIpc) is 2.77. The second-order valence-electron chi connectivity index (χ2n) is 7.09. The molecule has 0 unspecified atom stereocenters. The lowest BCUT2D eigenvalue weighted by molar-refractivity contribution is 0.0940. The quantitative estimate of drug-likeness (QED) is 0.568. The molecule has 0 aliphatic heterocycles. The topological polar surface area (TPSA) is 58.2 Å². The first-order valence-corrected chi connectivity index (χ1v) is 9.88. The van der Waals surface area contributed by atoms with E-state index in [2.05, 4.69) is 22.8 Å². The summed E-state index contributed by atoms with van der Waals surface area (Å²) in [4.78, 5) is 24.6. The zero-order valence-electron chi connectivity index (χ0n) is 16.7. The van der Waals surface area contributed by atoms with Crippen LogP contribution in [-0.2, 0) is 13.0 Å². The molecule has 0 spiro atoms. The molecule has 0 aliphatic carbocycles. The molecule has 2 N–H and O–H groups in total. The zero-order chi connectivity index (χ0) is 20.5. The van der Waals surface area contributed by atoms with Gasteiger partial charge in [-0.1, -0.05) is 60.2 Å². The third kappa shape index (κ3) is 6.32. The van der Waals surface area contributed by atoms with Crippen molar-refractivity contribution in [3.8, 4) is 0 Å². The van der Waals surface area contributed by atoms with Crippen molar-refractivity contribution in [3.63, 3.8) is 0 Å². The predicted octanol–water partition coefficient (Wildman–Crippen LogP) is 4.29. The number of carbonyl (C=O) groups excluding carboxylic acids is 2. The summed E-state index contributed by atoms with van der Waals surface area (Å²) < 4.78 is 0. The third-order valence-electron chi connectivity index (χ3n) is 4.75. The van der Waals surface area contributed by atoms with E-state index in [0.29, 0.717) is 24.2 Å². The third-order valence-corrected chi connectivity index (χ3v) is 4.75. The minimum Gasteiger partial charge on any atom is -0.352 e. The summed E-state index contributed by atoms with van der Waals surface area (Å²) in [6.45, 7) is 3.12. The van der Waals surface area contributed by atoms with Gasteiger partial charge in [-0.25, -0.2) is 0 Å². The molecule has 3 aromatic carbocycles. The molecule has 0 radical (unpaired) electrons. The van der Waals surface area contributed by atoms with E-state index < -0.39 is 0 Å². The molecule has 29 heavy (non-hydrogen) atoms. The number of benzene rings is 3. The largest absolute Gasteiger partial charge is 0.352 e. The molecule has 0 fully saturated rings. The lowest BCUT2D eigenvalue weighted by Crippen LogP contribution is -2.25. The highest BCUT2D eigenvalue weighted by Gasteiger charge is 2.09. The minimum atomic E-state index is -0.152. The van der Waals surface area contributed by atoms with Crippen molar-refractivity contribution in [3.05, 3.63) is 107 Å². The summed E-state index contributed by atoms with van der Waals surface area (Å²) >= 11 is 0. The van der Waals surface area contributed by atoms with Crippen LogP contribution in [0.4, 0.5) is 0 Å². The Morgan fingerprint density at radius 2 is 1.28 bits per heavy atom. The van der Waals surface area contributed by atoms with Gasteiger partial charge < -0.3 is 10.6 Å². The SMILES string of the molecule is Cc1ccc(CNC(=O)c2ccc(C(=O)NCCCc3ccccc3)cc2)cc1. The van der Waals surface area contributed by atoms with E-state index in [9.17, 15) is 9.59 Å². The highest BCUT2D eigenvalue weighted by Crippen LogP contribution is 2.07. The Hall–Kier alpha value is -3.40. The van der Waals surface area contributed by atoms with Crippen LogP contribution in [0.3, 0.4) is 0 Å². The lowest BCUT2D eigenvalue weighted by Gasteiger charge is -2.08. The molecule has 0 atom stereocenters. The monoisotopic (exact) mass is 386 g/mol. The molecule has 3 rings (SSSR count). The standard InChI is InChI=1S/C25H26N2O2/c1-19-9-11-21(12-10-19)18-27-25(29)23-15-13-22(14-16-23)24(28)26-17-5-8-20-6-3-2-4-7-20/h2-4,6-7,9-16H,5,8,17-18H2,1H3,(H,26,28)(H,27,29). The number of hydrogen-bond donors (Lipinski definition) is 2. The van der Waals surface area contributed by atoms with Gasteiger partial charge in [0.15, 0.2) is 0 Å². The summed E-state index contributed by atoms with van der Waals surface area (Å²) in [6.07, 6.45) is 1.82. The van der Waals surface area contributed by atoms with Gasteiger partial charge >= 0.3 is 0 Å². The van der Waals surface area contributed by atoms with Crippen LogP contribution in [0.2, 0.25) is 0 Å². The van der Waals surface area contributed by atoms with E-state index in [0.717, 1.165) is 18.4 Å². The van der Waals surface area contributed by atoms with Gasteiger partial charge in [-0.05, 0) is 55.2 Å². The molecule has 148 valence electrons. The molecule has 3 aromatic rings. The maximum atomic E-state index is 12.3. The van der Waals surface area contributed by atoms with Crippen molar-refractivity contribution in [1.29, 1.82) is 0 Å². The van der Waals surface area contributed by atoms with Crippen molar-refractivity contribution >= 4 is 11.8 Å². The van der Waals surface area contributed by atoms with Gasteiger partial charge in [0.05, 0.1) is 0 Å². The van der Waals surface area contributed by atoms with Gasteiger partial charge in [0, 0.05) is 24.2 Å². The molecule has 4 nitrogen and oxygen atoms in total. The van der Waals surface area contributed by atoms with E-state index in [4.69, 9.17) is 0 Å². The first-order chi connectivity index (χ1) is 14.1. The van der Waals surface area contributed by atoms with E-state index in [1.165, 1.54) is 11.1 Å². The van der Waals surface area contributed by atoms with E-state index >= 15 is 0 Å². The summed E-state index contributed by atoms with van der Waals surface area (Å²) in [7, 11) is 0. The Labute approximate surface area is 172 Å². The lowest BCUT2D eigenvalue weighted by atomic mass is 10.1. The van der Waals surface area contributed by atoms with E-state index in [1.807, 2.05) is 49.4 Å². The van der Waals surface area contributed by atoms with Gasteiger partial charge in [0.2, 0.25) is 0 Å². The molecule has 0 saturated heterocycles. The highest BCUT2D eigenvalue weighted by molar-refractivity contribution is 5.97. The fraction of sp³-hybridized carbons (Fsp3) is 0.200. The van der Waals surface area contributed by atoms with Crippen LogP contribution in [0.25, 0.3) is 0 Å². The Morgan fingerprint density at radius 3 is 1.90 bits per heavy atom. The van der Waals surface area contributed by atoms with Crippen LogP contribution in [0.1, 0.15) is 43.8 Å². The van der Waals surface area contributed by atoms with Crippen molar-refractivity contribution in [1.82, 2.24) is 10.6 Å². The molecular weight excluding hydrogens is 360 g/mol. The van der Waals surface area contributed by atoms with E-state index in [1.54, 1.807) is 24.3 Å². The molecule has 0 aromatic heterocycles. The van der Waals surface area contributed by atoms with E-state index in [-0.39, 0.29) is 11.8 Å². The molecule has 0 bridgehead atoms. The van der Waals surface area contributed by atoms with Crippen molar-refractivity contribution in [2.24, 2.45) is 0 Å². The summed E-state index contributed by atoms with van der Waals surface area (Å²) in [5.74, 6) is -0.273. The van der Waals surface area contributed by atoms with Gasteiger partial charge in [-0.2, -0.15) is 0 Å². The Bertz CT molecular complexity index is 933. The average molecular weight is 386 g/mol. The molecule has 0 aliphatic rings. The fourth-order valence-electron chi connectivity index (χ4n) is 3.00. The predicted molar refractivity (Wildman–Crippen MR) is 116 cm³/mol. The zero-order valence-corrected chi connectivity index (χ0v) is 16.7. The van der Waals surface area contributed by atoms with Crippen molar-refractivity contribution in [2.75, 3.05) is 6.54 Å². The van der Waals surface area contributed by atoms with Crippen LogP contribution in [0, 0.1) is 6.92 Å². The number of nitrogens with one attached hydrogen (secondary N) is 2. The summed E-state index contributed by atoms with van der Waals surface area (Å²) in [5, 5.41) is 5.83. The summed E-state index contributed by atoms with van der Waals surface area (Å²) in [5.41, 5.74) is 4.60. The maximum absolute atomic E-state index is 12.3. The van der Waals surface area contributed by atoms with Crippen LogP contribution in [0.5, 0.6) is 0 Å². The normalized spacial score (nSPS) is 10.4. The number of rotatable bonds is 8. The number of hydrogen-bond acceptors (Lipinski definition) is 2. The Morgan fingerprint density at radius 1 is 0.690 bits per heavy atom. The van der Waals surface area contributed by atoms with Gasteiger partial charge in [0.25, 0.3) is 11.8 Å². The Kier molecular flexibility index (Phi) is 7.17. The first kappa shape index (κ1) is 20.3. The number of aryl methyl sites for hydroxylation is 2. The molecule has 0 saturated carbocycles. The number of amides is 2. The highest BCUT2D eigenvalue weighted by atomic mass is 16.2. The van der Waals surface area contributed by atoms with Crippen molar-refractivity contribution < 1.29 is 9.59 Å². The molecular formula is C25H26N2O2. The maximum Gasteiger partial charge on any atom is 0.251 e. The van der Waals surface area contributed by atoms with Gasteiger partial charge in [-0.3, -0.25) is 9.59 Å². The first-order valence-electron chi connectivity index (χ1n) is 9.88. The molecule has 2 amide bonds. The van der Waals surface area contributed by atoms with Crippen LogP contribution >= 0.6 is 0 Å². The number of carbonyl (C=O) groups is 2. The van der Waals surface area contributed by atoms with Crippen molar-refractivity contribution in [2.45, 2.75) is 26.3 Å². The van der Waals surface area contributed by atoms with Crippen LogP contribution in [-0.4, -0.2) is 18.4 Å². The minimum absolute atomic E-state index is 0.121. The summed E-state index contributed by atoms with van der Waals surface area (Å²) in [6, 6.07) is 25.0. The fourth-order valence-corrected chi connectivity index (χ4v) is 3.00.